The van der Waals surface area contributed by atoms with Crippen LogP contribution < -0.4 is 4.90 Å². The van der Waals surface area contributed by atoms with Crippen LogP contribution in [0.1, 0.15) is 22.3 Å². The van der Waals surface area contributed by atoms with Crippen LogP contribution in [0.25, 0.3) is 81.0 Å². The maximum absolute atomic E-state index is 3.70. The summed E-state index contributed by atoms with van der Waals surface area (Å²) in [5.74, 6) is 0. The van der Waals surface area contributed by atoms with Crippen molar-refractivity contribution in [1.82, 2.24) is 4.57 Å². The highest BCUT2D eigenvalue weighted by atomic mass is 32.1. The molecule has 3 heteroatoms. The molecule has 326 valence electrons. The van der Waals surface area contributed by atoms with Crippen molar-refractivity contribution in [3.63, 3.8) is 0 Å². The average Bonchev–Trinajstić information content (AvgIpc) is 4.08. The van der Waals surface area contributed by atoms with Gasteiger partial charge in [0, 0.05) is 59.3 Å². The van der Waals surface area contributed by atoms with E-state index in [-0.39, 0.29) is 0 Å². The summed E-state index contributed by atoms with van der Waals surface area (Å²) < 4.78 is 4.92. The van der Waals surface area contributed by atoms with Crippen LogP contribution in [-0.4, -0.2) is 4.57 Å². The number of anilines is 3. The van der Waals surface area contributed by atoms with Gasteiger partial charge in [0.25, 0.3) is 0 Å². The Morgan fingerprint density at radius 2 is 0.943 bits per heavy atom. The summed E-state index contributed by atoms with van der Waals surface area (Å²) >= 11 is 1.85. The van der Waals surface area contributed by atoms with Crippen LogP contribution in [0.15, 0.2) is 255 Å². The van der Waals surface area contributed by atoms with Gasteiger partial charge in [-0.3, -0.25) is 0 Å². The molecule has 2 nitrogen and oxygen atoms in total. The fourth-order valence-corrected chi connectivity index (χ4v) is 12.5. The van der Waals surface area contributed by atoms with Crippen molar-refractivity contribution < 1.29 is 0 Å². The molecule has 0 fully saturated rings. The first-order chi connectivity index (χ1) is 34.7. The molecule has 0 radical (unpaired) electrons. The molecule has 0 aliphatic heterocycles. The second-order valence-corrected chi connectivity index (χ2v) is 19.3. The van der Waals surface area contributed by atoms with Crippen LogP contribution in [-0.2, 0) is 5.41 Å². The van der Waals surface area contributed by atoms with Crippen molar-refractivity contribution in [3.8, 4) is 39.1 Å². The Kier molecular flexibility index (Phi) is 9.24. The number of thiophene rings is 1. The van der Waals surface area contributed by atoms with Gasteiger partial charge in [-0.1, -0.05) is 188 Å². The summed E-state index contributed by atoms with van der Waals surface area (Å²) in [6, 6.07) is 101. The van der Waals surface area contributed by atoms with E-state index >= 15 is 0 Å². The smallest absolute Gasteiger partial charge is 0.105 e. The molecule has 11 aromatic carbocycles. The van der Waals surface area contributed by atoms with Gasteiger partial charge in [-0.15, -0.1) is 11.3 Å². The lowest BCUT2D eigenvalue weighted by molar-refractivity contribution is 0.770. The van der Waals surface area contributed by atoms with Crippen LogP contribution in [0, 0.1) is 12.1 Å². The Labute approximate surface area is 411 Å². The molecule has 0 atom stereocenters. The molecule has 0 saturated heterocycles. The number of hydrogen-bond acceptors (Lipinski definition) is 2. The van der Waals surface area contributed by atoms with Gasteiger partial charge in [0.05, 0.1) is 10.9 Å². The van der Waals surface area contributed by atoms with Crippen LogP contribution >= 0.6 is 11.3 Å². The van der Waals surface area contributed by atoms with Gasteiger partial charge in [0.15, 0.2) is 0 Å². The molecule has 0 spiro atoms. The summed E-state index contributed by atoms with van der Waals surface area (Å²) in [5.41, 5.74) is 18.1. The lowest BCUT2D eigenvalue weighted by Gasteiger charge is -2.34. The number of benzene rings is 10. The van der Waals surface area contributed by atoms with Gasteiger partial charge >= 0.3 is 0 Å². The van der Waals surface area contributed by atoms with E-state index in [0.29, 0.717) is 0 Å². The number of nitrogens with zero attached hydrogens (tertiary/aromatic N) is 2. The lowest BCUT2D eigenvalue weighted by Crippen LogP contribution is -2.28. The monoisotopic (exact) mass is 906 g/mol. The van der Waals surface area contributed by atoms with Crippen molar-refractivity contribution in [2.24, 2.45) is 0 Å². The molecule has 0 bridgehead atoms. The zero-order valence-electron chi connectivity index (χ0n) is 38.1. The summed E-state index contributed by atoms with van der Waals surface area (Å²) in [4.78, 5) is 2.37. The highest BCUT2D eigenvalue weighted by molar-refractivity contribution is 7.25. The third kappa shape index (κ3) is 6.21. The van der Waals surface area contributed by atoms with Crippen LogP contribution in [0.5, 0.6) is 0 Å². The van der Waals surface area contributed by atoms with Gasteiger partial charge in [-0.25, -0.2) is 0 Å². The molecule has 70 heavy (non-hydrogen) atoms. The van der Waals surface area contributed by atoms with E-state index in [1.54, 1.807) is 0 Å². The summed E-state index contributed by atoms with van der Waals surface area (Å²) in [6.07, 6.45) is 0. The summed E-state index contributed by atoms with van der Waals surface area (Å²) in [7, 11) is 0. The van der Waals surface area contributed by atoms with Crippen molar-refractivity contribution in [3.05, 3.63) is 289 Å². The summed E-state index contributed by atoms with van der Waals surface area (Å²) in [5, 5.41) is 4.90. The maximum Gasteiger partial charge on any atom is 0.105 e. The highest BCUT2D eigenvalue weighted by Crippen LogP contribution is 2.56. The fraction of sp³-hybridized carbons (Fsp3) is 0.0149. The average molecular weight is 907 g/mol. The molecule has 0 N–H and O–H groups in total. The molecule has 0 saturated carbocycles. The second kappa shape index (κ2) is 16.1. The molecule has 2 aromatic heterocycles. The molecule has 1 aliphatic rings. The van der Waals surface area contributed by atoms with Gasteiger partial charge in [-0.2, -0.15) is 0 Å². The Hall–Kier alpha value is -8.94. The normalized spacial score (nSPS) is 12.6. The van der Waals surface area contributed by atoms with E-state index < -0.39 is 5.41 Å². The molecule has 2 heterocycles. The molecule has 13 aromatic rings. The minimum absolute atomic E-state index is 0.512. The van der Waals surface area contributed by atoms with Gasteiger partial charge in [-0.05, 0) is 129 Å². The second-order valence-electron chi connectivity index (χ2n) is 18.3. The first-order valence-corrected chi connectivity index (χ1v) is 24.7. The molecular weight excluding hydrogens is 865 g/mol. The maximum atomic E-state index is 3.70. The van der Waals surface area contributed by atoms with E-state index in [2.05, 4.69) is 276 Å². The molecule has 1 aliphatic carbocycles. The zero-order valence-corrected chi connectivity index (χ0v) is 38.9. The van der Waals surface area contributed by atoms with E-state index in [9.17, 15) is 0 Å². The third-order valence-corrected chi connectivity index (χ3v) is 15.6. The van der Waals surface area contributed by atoms with Gasteiger partial charge < -0.3 is 9.47 Å². The van der Waals surface area contributed by atoms with Crippen LogP contribution in [0.2, 0.25) is 0 Å². The third-order valence-electron chi connectivity index (χ3n) is 14.5. The SMILES string of the molecule is c1c(-c2ccc(N(c3ccc(-c4ccccc4)cc3)c3ccc4c(c3)sc3ccccc34)cc2)cc2c3cc(C4(c5ccccc5)c5ccccc5-c5ccccc54)ccc3n(-c3ccccc3)c2c#1. The Morgan fingerprint density at radius 3 is 1.66 bits per heavy atom. The Morgan fingerprint density at radius 1 is 0.371 bits per heavy atom. The van der Waals surface area contributed by atoms with Gasteiger partial charge in [0.2, 0.25) is 0 Å². The number of para-hydroxylation sites is 1. The number of rotatable bonds is 8. The van der Waals surface area contributed by atoms with Crippen molar-refractivity contribution in [1.29, 1.82) is 0 Å². The molecule has 14 rings (SSSR count). The van der Waals surface area contributed by atoms with Crippen LogP contribution in [0.4, 0.5) is 17.1 Å². The number of fused-ring (bicyclic) bond motifs is 9. The first kappa shape index (κ1) is 40.2. The van der Waals surface area contributed by atoms with E-state index in [1.165, 1.54) is 70.1 Å². The quantitative estimate of drug-likeness (QED) is 0.147. The summed E-state index contributed by atoms with van der Waals surface area (Å²) in [6.45, 7) is 0. The van der Waals surface area contributed by atoms with Crippen molar-refractivity contribution in [2.45, 2.75) is 5.41 Å². The standard InChI is InChI=1S/C67H42N2S/c1-4-16-45(17-5-1)46-28-34-52(35-29-46)68(54-38-39-58-57-24-12-15-27-65(57)70-66(58)44-54)53-36-30-47(31-37-53)48-32-40-63-59(42-48)60-43-50(33-41-64(60)69(63)51-20-8-3-9-21-51)67(49-18-6-2-7-19-49)61-25-13-10-22-55(61)56-23-11-14-26-62(56)67/h1-31,33-39,41-44H. The minimum Gasteiger partial charge on any atom is -0.310 e. The van der Waals surface area contributed by atoms with Crippen molar-refractivity contribution in [2.75, 3.05) is 4.90 Å². The molecular formula is C67H42N2S. The largest absolute Gasteiger partial charge is 0.310 e. The predicted octanol–water partition coefficient (Wildman–Crippen LogP) is 17.9. The number of aromatic nitrogens is 1. The van der Waals surface area contributed by atoms with Crippen molar-refractivity contribution >= 4 is 70.4 Å². The highest BCUT2D eigenvalue weighted by Gasteiger charge is 2.46. The zero-order chi connectivity index (χ0) is 46.2. The predicted molar refractivity (Wildman–Crippen MR) is 294 cm³/mol. The fourth-order valence-electron chi connectivity index (χ4n) is 11.4. The van der Waals surface area contributed by atoms with E-state index in [4.69, 9.17) is 0 Å². The Bertz CT molecular complexity index is 4050. The molecule has 0 amide bonds. The number of hydrogen-bond donors (Lipinski definition) is 0. The topological polar surface area (TPSA) is 8.17 Å². The minimum atomic E-state index is -0.512. The Balaban J connectivity index is 0.921. The molecule has 0 unspecified atom stereocenters. The van der Waals surface area contributed by atoms with Crippen LogP contribution in [0.3, 0.4) is 0 Å². The van der Waals surface area contributed by atoms with E-state index in [0.717, 1.165) is 50.3 Å². The first-order valence-electron chi connectivity index (χ1n) is 23.9. The van der Waals surface area contributed by atoms with Gasteiger partial charge in [0.1, 0.15) is 5.52 Å². The van der Waals surface area contributed by atoms with E-state index in [1.807, 2.05) is 11.3 Å². The lowest BCUT2D eigenvalue weighted by atomic mass is 9.67.